The van der Waals surface area contributed by atoms with Crippen molar-refractivity contribution in [2.24, 2.45) is 0 Å². The molecule has 0 saturated heterocycles. The molecule has 0 aliphatic rings. The number of nitrogens with zero attached hydrogens (tertiary/aromatic N) is 6. The fourth-order valence-corrected chi connectivity index (χ4v) is 5.02. The molecule has 8 heteroatoms. The maximum atomic E-state index is 13.9. The van der Waals surface area contributed by atoms with Crippen LogP contribution in [0.3, 0.4) is 0 Å². The number of nitrogens with one attached hydrogen (secondary N) is 1. The molecule has 38 heavy (non-hydrogen) atoms. The minimum Gasteiger partial charge on any atom is -0.292 e. The zero-order valence-corrected chi connectivity index (χ0v) is 22.2. The normalized spacial score (nSPS) is 11.2. The number of H-pyrrole nitrogens is 1. The molecule has 2 aromatic carbocycles. The summed E-state index contributed by atoms with van der Waals surface area (Å²) in [6.07, 6.45) is 10.3. The largest absolute Gasteiger partial charge is 0.333 e. The van der Waals surface area contributed by atoms with Crippen molar-refractivity contribution in [1.29, 1.82) is 0 Å². The molecule has 0 amide bonds. The van der Waals surface area contributed by atoms with Crippen molar-refractivity contribution in [3.8, 4) is 28.2 Å². The second kappa shape index (κ2) is 11.4. The Balaban J connectivity index is 1.51. The first-order valence-corrected chi connectivity index (χ1v) is 13.3. The van der Waals surface area contributed by atoms with Gasteiger partial charge in [-0.25, -0.2) is 9.89 Å². The second-order valence-electron chi connectivity index (χ2n) is 9.46. The SMILES string of the molecule is CCCCc1cn(-c2c(CC)cccc2CC)c(=O)n1Cc1ccc(-c2ccncc2-c2nnn[nH]2)cc1. The maximum Gasteiger partial charge on any atom is 0.333 e. The Morgan fingerprint density at radius 1 is 0.921 bits per heavy atom. The molecule has 0 bridgehead atoms. The molecule has 0 saturated carbocycles. The molecule has 0 aliphatic heterocycles. The Bertz CT molecular complexity index is 1540. The lowest BCUT2D eigenvalue weighted by Gasteiger charge is -2.13. The molecule has 3 aromatic heterocycles. The zero-order chi connectivity index (χ0) is 26.5. The molecule has 0 aliphatic carbocycles. The van der Waals surface area contributed by atoms with Crippen molar-refractivity contribution in [3.05, 3.63) is 100.0 Å². The van der Waals surface area contributed by atoms with Crippen LogP contribution in [-0.2, 0) is 25.8 Å². The van der Waals surface area contributed by atoms with Crippen LogP contribution in [0.15, 0.2) is 71.9 Å². The van der Waals surface area contributed by atoms with E-state index in [1.165, 1.54) is 11.1 Å². The highest BCUT2D eigenvalue weighted by molar-refractivity contribution is 5.79. The van der Waals surface area contributed by atoms with Gasteiger partial charge in [-0.15, -0.1) is 5.10 Å². The molecular weight excluding hydrogens is 474 g/mol. The summed E-state index contributed by atoms with van der Waals surface area (Å²) in [6.45, 7) is 7.00. The summed E-state index contributed by atoms with van der Waals surface area (Å²) < 4.78 is 3.82. The number of aromatic amines is 1. The number of tetrazole rings is 1. The predicted molar refractivity (Wildman–Crippen MR) is 149 cm³/mol. The van der Waals surface area contributed by atoms with Crippen LogP contribution >= 0.6 is 0 Å². The van der Waals surface area contributed by atoms with Crippen LogP contribution in [-0.4, -0.2) is 34.7 Å². The van der Waals surface area contributed by atoms with E-state index in [2.05, 4.69) is 95.0 Å². The van der Waals surface area contributed by atoms with Crippen molar-refractivity contribution in [3.63, 3.8) is 0 Å². The average molecular weight is 508 g/mol. The number of rotatable bonds is 10. The molecule has 5 aromatic rings. The first kappa shape index (κ1) is 25.3. The smallest absolute Gasteiger partial charge is 0.292 e. The predicted octanol–water partition coefficient (Wildman–Crippen LogP) is 5.40. The monoisotopic (exact) mass is 507 g/mol. The Kier molecular flexibility index (Phi) is 7.58. The van der Waals surface area contributed by atoms with E-state index in [-0.39, 0.29) is 5.69 Å². The van der Waals surface area contributed by atoms with Crippen molar-refractivity contribution in [1.82, 2.24) is 34.7 Å². The Labute approximate surface area is 222 Å². The number of unbranched alkanes of at least 4 members (excludes halogenated alkanes) is 1. The molecule has 0 spiro atoms. The van der Waals surface area contributed by atoms with Gasteiger partial charge in [-0.2, -0.15) is 0 Å². The number of aromatic nitrogens is 7. The lowest BCUT2D eigenvalue weighted by atomic mass is 10.00. The van der Waals surface area contributed by atoms with Gasteiger partial charge < -0.3 is 0 Å². The van der Waals surface area contributed by atoms with Gasteiger partial charge >= 0.3 is 5.69 Å². The van der Waals surface area contributed by atoms with Gasteiger partial charge in [0.2, 0.25) is 0 Å². The van der Waals surface area contributed by atoms with E-state index < -0.39 is 0 Å². The van der Waals surface area contributed by atoms with E-state index in [9.17, 15) is 4.79 Å². The van der Waals surface area contributed by atoms with E-state index in [0.717, 1.165) is 65.7 Å². The van der Waals surface area contributed by atoms with Gasteiger partial charge in [0.25, 0.3) is 0 Å². The maximum absolute atomic E-state index is 13.9. The highest BCUT2D eigenvalue weighted by Crippen LogP contribution is 2.29. The van der Waals surface area contributed by atoms with Gasteiger partial charge in [0, 0.05) is 29.8 Å². The zero-order valence-electron chi connectivity index (χ0n) is 22.2. The topological polar surface area (TPSA) is 94.3 Å². The van der Waals surface area contributed by atoms with Gasteiger partial charge in [0.15, 0.2) is 5.82 Å². The molecule has 0 fully saturated rings. The summed E-state index contributed by atoms with van der Waals surface area (Å²) in [6, 6.07) is 16.6. The molecule has 5 rings (SSSR count). The lowest BCUT2D eigenvalue weighted by Crippen LogP contribution is -2.26. The molecule has 0 atom stereocenters. The van der Waals surface area contributed by atoms with Gasteiger partial charge in [-0.1, -0.05) is 69.7 Å². The first-order valence-electron chi connectivity index (χ1n) is 13.3. The molecule has 3 heterocycles. The molecule has 8 nitrogen and oxygen atoms in total. The third-order valence-corrected chi connectivity index (χ3v) is 7.08. The van der Waals surface area contributed by atoms with Gasteiger partial charge in [0.05, 0.1) is 12.2 Å². The van der Waals surface area contributed by atoms with Crippen LogP contribution in [0.4, 0.5) is 0 Å². The van der Waals surface area contributed by atoms with Crippen LogP contribution < -0.4 is 5.69 Å². The summed E-state index contributed by atoms with van der Waals surface area (Å²) in [7, 11) is 0. The third kappa shape index (κ3) is 4.94. The quantitative estimate of drug-likeness (QED) is 0.273. The first-order chi connectivity index (χ1) is 18.6. The summed E-state index contributed by atoms with van der Waals surface area (Å²) in [5.74, 6) is 0.574. The molecule has 194 valence electrons. The molecule has 0 unspecified atom stereocenters. The number of hydrogen-bond donors (Lipinski definition) is 1. The van der Waals surface area contributed by atoms with E-state index in [4.69, 9.17) is 0 Å². The number of aryl methyl sites for hydroxylation is 3. The highest BCUT2D eigenvalue weighted by Gasteiger charge is 2.17. The summed E-state index contributed by atoms with van der Waals surface area (Å²) >= 11 is 0. The van der Waals surface area contributed by atoms with Gasteiger partial charge in [-0.3, -0.25) is 14.1 Å². The third-order valence-electron chi connectivity index (χ3n) is 7.08. The lowest BCUT2D eigenvalue weighted by molar-refractivity contribution is 0.673. The van der Waals surface area contributed by atoms with Crippen molar-refractivity contribution in [2.75, 3.05) is 0 Å². The Morgan fingerprint density at radius 2 is 1.68 bits per heavy atom. The summed E-state index contributed by atoms with van der Waals surface area (Å²) in [5.41, 5.74) is 8.46. The van der Waals surface area contributed by atoms with E-state index in [1.807, 2.05) is 15.2 Å². The minimum atomic E-state index is 0.0185. The Morgan fingerprint density at radius 3 is 2.34 bits per heavy atom. The van der Waals surface area contributed by atoms with Gasteiger partial charge in [0.1, 0.15) is 0 Å². The Hall–Kier alpha value is -4.33. The molecule has 0 radical (unpaired) electrons. The average Bonchev–Trinajstić information content (AvgIpc) is 3.61. The number of hydrogen-bond acceptors (Lipinski definition) is 5. The van der Waals surface area contributed by atoms with Crippen molar-refractivity contribution >= 4 is 0 Å². The fraction of sp³-hybridized carbons (Fsp3) is 0.300. The number of para-hydroxylation sites is 1. The van der Waals surface area contributed by atoms with E-state index >= 15 is 0 Å². The number of benzene rings is 2. The van der Waals surface area contributed by atoms with E-state index in [0.29, 0.717) is 12.4 Å². The van der Waals surface area contributed by atoms with Gasteiger partial charge in [-0.05, 0) is 70.0 Å². The standard InChI is InChI=1S/C30H33N7O/c1-4-7-11-25-20-37(28-22(5-2)9-8-10-23(28)6-3)30(38)36(25)19-21-12-14-24(15-13-21)26-16-17-31-18-27(26)29-32-34-35-33-29/h8-10,12-18,20H,4-7,11,19H2,1-3H3,(H,32,33,34,35). The fourth-order valence-electron chi connectivity index (χ4n) is 5.02. The van der Waals surface area contributed by atoms with Crippen LogP contribution in [0, 0.1) is 0 Å². The second-order valence-corrected chi connectivity index (χ2v) is 9.46. The van der Waals surface area contributed by atoms with E-state index in [1.54, 1.807) is 12.4 Å². The highest BCUT2D eigenvalue weighted by atomic mass is 16.1. The van der Waals surface area contributed by atoms with Crippen LogP contribution in [0.25, 0.3) is 28.2 Å². The van der Waals surface area contributed by atoms with Crippen LogP contribution in [0.2, 0.25) is 0 Å². The summed E-state index contributed by atoms with van der Waals surface area (Å²) in [5, 5.41) is 14.2. The number of pyridine rings is 1. The number of imidazole rings is 1. The van der Waals surface area contributed by atoms with Crippen LogP contribution in [0.1, 0.15) is 56.0 Å². The van der Waals surface area contributed by atoms with Crippen molar-refractivity contribution in [2.45, 2.75) is 59.4 Å². The molecular formula is C30H33N7O. The van der Waals surface area contributed by atoms with Crippen molar-refractivity contribution < 1.29 is 0 Å². The molecule has 1 N–H and O–H groups in total. The minimum absolute atomic E-state index is 0.0185. The summed E-state index contributed by atoms with van der Waals surface area (Å²) in [4.78, 5) is 18.1. The van der Waals surface area contributed by atoms with Crippen LogP contribution in [0.5, 0.6) is 0 Å².